The van der Waals surface area contributed by atoms with E-state index in [1.165, 1.54) is 12.5 Å². The molecule has 5 heteroatoms. The van der Waals surface area contributed by atoms with Crippen LogP contribution >= 0.6 is 0 Å². The second-order valence-electron chi connectivity index (χ2n) is 3.23. The van der Waals surface area contributed by atoms with Crippen LogP contribution in [-0.4, -0.2) is 27.5 Å². The number of aromatic nitrogens is 1. The zero-order valence-electron chi connectivity index (χ0n) is 9.61. The van der Waals surface area contributed by atoms with Gasteiger partial charge in [-0.1, -0.05) is 31.4 Å². The third-order valence-electron chi connectivity index (χ3n) is 2.07. The number of nitrogens with one attached hydrogen (secondary N) is 1. The molecule has 0 amide bonds. The lowest BCUT2D eigenvalue weighted by Gasteiger charge is -1.96. The number of rotatable bonds is 1. The quantitative estimate of drug-likeness (QED) is 0.766. The first kappa shape index (κ1) is 12.8. The Morgan fingerprint density at radius 3 is 2.50 bits per heavy atom. The Hall–Kier alpha value is -1.23. The smallest absolute Gasteiger partial charge is 0.177 e. The standard InChI is InChI=1S/C9H8BNO2S.C2H6.H2/c1-14(12,13)9-5-11-8-4-6(10)2-3-7(8)9;1-2;/h2-5,11H,1H3;1-2H3;1H. The van der Waals surface area contributed by atoms with E-state index in [1.807, 2.05) is 13.8 Å². The van der Waals surface area contributed by atoms with Gasteiger partial charge >= 0.3 is 0 Å². The molecule has 0 aliphatic rings. The summed E-state index contributed by atoms with van der Waals surface area (Å²) < 4.78 is 22.7. The lowest BCUT2D eigenvalue weighted by molar-refractivity contribution is 0.602. The maximum Gasteiger partial charge on any atom is 0.177 e. The zero-order chi connectivity index (χ0) is 12.3. The second-order valence-corrected chi connectivity index (χ2v) is 5.21. The fourth-order valence-corrected chi connectivity index (χ4v) is 2.27. The molecule has 2 aromatic rings. The predicted molar refractivity (Wildman–Crippen MR) is 70.3 cm³/mol. The number of hydrogen-bond acceptors (Lipinski definition) is 2. The molecular weight excluding hydrogens is 221 g/mol. The number of benzene rings is 1. The van der Waals surface area contributed by atoms with Crippen molar-refractivity contribution in [3.05, 3.63) is 24.4 Å². The van der Waals surface area contributed by atoms with Gasteiger partial charge in [-0.05, 0) is 6.07 Å². The van der Waals surface area contributed by atoms with E-state index in [4.69, 9.17) is 7.85 Å². The van der Waals surface area contributed by atoms with Gasteiger partial charge in [-0.2, -0.15) is 0 Å². The number of H-pyrrole nitrogens is 1. The molecule has 1 aromatic carbocycles. The predicted octanol–water partition coefficient (Wildman–Crippen LogP) is 1.64. The van der Waals surface area contributed by atoms with Gasteiger partial charge < -0.3 is 4.98 Å². The summed E-state index contributed by atoms with van der Waals surface area (Å²) >= 11 is 0. The Balaban J connectivity index is 0.000000811. The molecule has 0 spiro atoms. The Kier molecular flexibility index (Phi) is 3.81. The van der Waals surface area contributed by atoms with Gasteiger partial charge in [0.2, 0.25) is 0 Å². The number of hydrogen-bond donors (Lipinski definition) is 1. The highest BCUT2D eigenvalue weighted by atomic mass is 32.2. The van der Waals surface area contributed by atoms with Crippen molar-refractivity contribution in [2.75, 3.05) is 6.26 Å². The molecule has 0 saturated carbocycles. The molecule has 0 unspecified atom stereocenters. The van der Waals surface area contributed by atoms with Crippen LogP contribution in [0, 0.1) is 0 Å². The molecule has 2 radical (unpaired) electrons. The summed E-state index contributed by atoms with van der Waals surface area (Å²) in [4.78, 5) is 3.19. The van der Waals surface area contributed by atoms with E-state index in [1.54, 1.807) is 18.2 Å². The normalized spacial score (nSPS) is 10.9. The van der Waals surface area contributed by atoms with Crippen LogP contribution in [0.5, 0.6) is 0 Å². The molecule has 1 heterocycles. The van der Waals surface area contributed by atoms with Crippen molar-refractivity contribution in [1.82, 2.24) is 4.98 Å². The first-order valence-electron chi connectivity index (χ1n) is 5.05. The van der Waals surface area contributed by atoms with Crippen LogP contribution in [-0.2, 0) is 9.84 Å². The zero-order valence-corrected chi connectivity index (χ0v) is 10.4. The number of aromatic amines is 1. The first-order chi connectivity index (χ1) is 7.48. The average Bonchev–Trinajstić information content (AvgIpc) is 2.62. The van der Waals surface area contributed by atoms with Gasteiger partial charge in [-0.3, -0.25) is 0 Å². The third-order valence-corrected chi connectivity index (χ3v) is 3.20. The summed E-state index contributed by atoms with van der Waals surface area (Å²) in [7, 11) is 2.40. The van der Waals surface area contributed by atoms with E-state index in [0.29, 0.717) is 15.7 Å². The molecule has 0 aliphatic heterocycles. The van der Waals surface area contributed by atoms with Crippen LogP contribution in [0.4, 0.5) is 0 Å². The van der Waals surface area contributed by atoms with Crippen molar-refractivity contribution >= 4 is 34.0 Å². The summed E-state index contributed by atoms with van der Waals surface area (Å²) in [6, 6.07) is 5.10. The van der Waals surface area contributed by atoms with Crippen LogP contribution < -0.4 is 5.46 Å². The van der Waals surface area contributed by atoms with E-state index in [-0.39, 0.29) is 1.43 Å². The minimum Gasteiger partial charge on any atom is -0.360 e. The van der Waals surface area contributed by atoms with E-state index in [0.717, 1.165) is 5.52 Å². The fourth-order valence-electron chi connectivity index (χ4n) is 1.42. The number of sulfone groups is 1. The van der Waals surface area contributed by atoms with E-state index < -0.39 is 9.84 Å². The Bertz CT molecular complexity index is 593. The maximum absolute atomic E-state index is 11.3. The highest BCUT2D eigenvalue weighted by Crippen LogP contribution is 2.20. The second kappa shape index (κ2) is 4.74. The largest absolute Gasteiger partial charge is 0.360 e. The van der Waals surface area contributed by atoms with Gasteiger partial charge in [0, 0.05) is 24.8 Å². The van der Waals surface area contributed by atoms with Gasteiger partial charge in [-0.15, -0.1) is 0 Å². The topological polar surface area (TPSA) is 49.9 Å². The molecule has 2 rings (SSSR count). The molecule has 0 fully saturated rings. The molecule has 1 aromatic heterocycles. The summed E-state index contributed by atoms with van der Waals surface area (Å²) in [5.41, 5.74) is 1.35. The molecule has 0 bridgehead atoms. The van der Waals surface area contributed by atoms with Crippen LogP contribution in [0.2, 0.25) is 0 Å². The lowest BCUT2D eigenvalue weighted by Crippen LogP contribution is -2.00. The summed E-state index contributed by atoms with van der Waals surface area (Å²) in [6.07, 6.45) is 2.67. The molecule has 0 saturated heterocycles. The SMILES string of the molecule is CC.[B]c1ccc2c(S(C)(=O)=O)c[nH]c2c1.[HH]. The Morgan fingerprint density at radius 2 is 1.94 bits per heavy atom. The van der Waals surface area contributed by atoms with Gasteiger partial charge in [0.05, 0.1) is 4.90 Å². The minimum atomic E-state index is -3.17. The van der Waals surface area contributed by atoms with Crippen molar-refractivity contribution < 1.29 is 9.84 Å². The van der Waals surface area contributed by atoms with E-state index in [2.05, 4.69) is 4.98 Å². The fraction of sp³-hybridized carbons (Fsp3) is 0.273. The van der Waals surface area contributed by atoms with Gasteiger partial charge in [-0.25, -0.2) is 8.42 Å². The van der Waals surface area contributed by atoms with Crippen molar-refractivity contribution in [3.63, 3.8) is 0 Å². The summed E-state index contributed by atoms with van der Waals surface area (Å²) in [6.45, 7) is 4.00. The molecule has 86 valence electrons. The maximum atomic E-state index is 11.3. The highest BCUT2D eigenvalue weighted by Gasteiger charge is 2.12. The van der Waals surface area contributed by atoms with Crippen molar-refractivity contribution in [2.24, 2.45) is 0 Å². The Labute approximate surface area is 98.7 Å². The highest BCUT2D eigenvalue weighted by molar-refractivity contribution is 7.91. The molecule has 0 atom stereocenters. The molecule has 3 nitrogen and oxygen atoms in total. The van der Waals surface area contributed by atoms with E-state index >= 15 is 0 Å². The molecule has 0 aliphatic carbocycles. The molecular formula is C11H16BNO2S. The van der Waals surface area contributed by atoms with Crippen LogP contribution in [0.25, 0.3) is 10.9 Å². The third kappa shape index (κ3) is 2.47. The summed E-state index contributed by atoms with van der Waals surface area (Å²) in [5.74, 6) is 0. The minimum absolute atomic E-state index is 0. The number of fused-ring (bicyclic) bond motifs is 1. The summed E-state index contributed by atoms with van der Waals surface area (Å²) in [5, 5.41) is 0.682. The van der Waals surface area contributed by atoms with E-state index in [9.17, 15) is 8.42 Å². The van der Waals surface area contributed by atoms with Crippen LogP contribution in [0.1, 0.15) is 15.3 Å². The van der Waals surface area contributed by atoms with Gasteiger partial charge in [0.25, 0.3) is 0 Å². The lowest BCUT2D eigenvalue weighted by atomic mass is 9.96. The van der Waals surface area contributed by atoms with Gasteiger partial charge in [0.15, 0.2) is 9.84 Å². The van der Waals surface area contributed by atoms with Crippen molar-refractivity contribution in [3.8, 4) is 0 Å². The first-order valence-corrected chi connectivity index (χ1v) is 6.94. The van der Waals surface area contributed by atoms with Gasteiger partial charge in [0.1, 0.15) is 7.85 Å². The molecule has 16 heavy (non-hydrogen) atoms. The average molecular weight is 237 g/mol. The van der Waals surface area contributed by atoms with Crippen LogP contribution in [0.3, 0.4) is 0 Å². The Morgan fingerprint density at radius 1 is 1.31 bits per heavy atom. The van der Waals surface area contributed by atoms with Crippen LogP contribution in [0.15, 0.2) is 29.3 Å². The monoisotopic (exact) mass is 237 g/mol. The van der Waals surface area contributed by atoms with Crippen molar-refractivity contribution in [2.45, 2.75) is 18.7 Å². The molecule has 1 N–H and O–H groups in total. The van der Waals surface area contributed by atoms with Crippen molar-refractivity contribution in [1.29, 1.82) is 0 Å².